The van der Waals surface area contributed by atoms with Crippen molar-refractivity contribution in [2.75, 3.05) is 6.61 Å². The van der Waals surface area contributed by atoms with Gasteiger partial charge >= 0.3 is 5.97 Å². The third kappa shape index (κ3) is 2.83. The molecule has 0 saturated heterocycles. The number of nitrogens with one attached hydrogen (secondary N) is 1. The molecule has 2 aromatic heterocycles. The number of fused-ring (bicyclic) bond motifs is 1. The summed E-state index contributed by atoms with van der Waals surface area (Å²) in [5.41, 5.74) is 5.29. The molecule has 0 bridgehead atoms. The molecular weight excluding hydrogens is 338 g/mol. The molecule has 0 atom stereocenters. The summed E-state index contributed by atoms with van der Waals surface area (Å²) in [5.74, 6) is 0.925. The van der Waals surface area contributed by atoms with Gasteiger partial charge in [-0.2, -0.15) is 0 Å². The molecule has 0 aliphatic rings. The Morgan fingerprint density at radius 1 is 0.963 bits per heavy atom. The van der Waals surface area contributed by atoms with Gasteiger partial charge in [-0.1, -0.05) is 48.5 Å². The van der Waals surface area contributed by atoms with Gasteiger partial charge in [-0.3, -0.25) is 0 Å². The molecule has 0 aliphatic carbocycles. The summed E-state index contributed by atoms with van der Waals surface area (Å²) >= 11 is 0. The van der Waals surface area contributed by atoms with Crippen molar-refractivity contribution in [3.8, 4) is 22.4 Å². The Bertz CT molecular complexity index is 1120. The number of carbonyl (C=O) groups excluding carboxylic acids is 1. The highest BCUT2D eigenvalue weighted by atomic mass is 16.5. The molecule has 4 nitrogen and oxygen atoms in total. The predicted molar refractivity (Wildman–Crippen MR) is 107 cm³/mol. The number of benzene rings is 2. The summed E-state index contributed by atoms with van der Waals surface area (Å²) < 4.78 is 11.2. The Balaban J connectivity index is 2.07. The number of furan rings is 1. The number of para-hydroxylation sites is 1. The first kappa shape index (κ1) is 17.2. The highest BCUT2D eigenvalue weighted by Crippen LogP contribution is 2.43. The molecule has 2 aromatic carbocycles. The van der Waals surface area contributed by atoms with Crippen LogP contribution in [0.15, 0.2) is 59.0 Å². The molecular formula is C23H21NO3. The average Bonchev–Trinajstić information content (AvgIpc) is 3.19. The Morgan fingerprint density at radius 3 is 2.41 bits per heavy atom. The molecule has 136 valence electrons. The van der Waals surface area contributed by atoms with Gasteiger partial charge in [-0.05, 0) is 32.4 Å². The predicted octanol–water partition coefficient (Wildman–Crippen LogP) is 5.89. The van der Waals surface area contributed by atoms with E-state index in [0.717, 1.165) is 33.3 Å². The van der Waals surface area contributed by atoms with E-state index < -0.39 is 0 Å². The van der Waals surface area contributed by atoms with Crippen molar-refractivity contribution >= 4 is 16.9 Å². The quantitative estimate of drug-likeness (QED) is 0.462. The van der Waals surface area contributed by atoms with Crippen LogP contribution in [0.5, 0.6) is 0 Å². The largest absolute Gasteiger partial charge is 0.465 e. The SMILES string of the molecule is CCOC(=O)c1c(C)oc(C)c1-c1c(-c2ccccc2)[nH]c2ccccc12. The van der Waals surface area contributed by atoms with Crippen molar-refractivity contribution in [3.63, 3.8) is 0 Å². The van der Waals surface area contributed by atoms with Gasteiger partial charge in [-0.15, -0.1) is 0 Å². The van der Waals surface area contributed by atoms with E-state index in [0.29, 0.717) is 23.7 Å². The third-order valence-electron chi connectivity index (χ3n) is 4.76. The summed E-state index contributed by atoms with van der Waals surface area (Å²) in [6.45, 7) is 5.82. The summed E-state index contributed by atoms with van der Waals surface area (Å²) in [6.07, 6.45) is 0. The van der Waals surface area contributed by atoms with E-state index in [9.17, 15) is 4.79 Å². The van der Waals surface area contributed by atoms with E-state index >= 15 is 0 Å². The smallest absolute Gasteiger partial charge is 0.342 e. The Morgan fingerprint density at radius 2 is 1.67 bits per heavy atom. The minimum atomic E-state index is -0.355. The van der Waals surface area contributed by atoms with Crippen molar-refractivity contribution in [3.05, 3.63) is 71.7 Å². The van der Waals surface area contributed by atoms with Crippen LogP contribution in [0.1, 0.15) is 28.8 Å². The average molecular weight is 359 g/mol. The fourth-order valence-corrected chi connectivity index (χ4v) is 3.66. The lowest BCUT2D eigenvalue weighted by molar-refractivity contribution is 0.0525. The Hall–Kier alpha value is -3.27. The fourth-order valence-electron chi connectivity index (χ4n) is 3.66. The van der Waals surface area contributed by atoms with E-state index in [4.69, 9.17) is 9.15 Å². The zero-order valence-corrected chi connectivity index (χ0v) is 15.6. The number of esters is 1. The van der Waals surface area contributed by atoms with Gasteiger partial charge in [0, 0.05) is 22.0 Å². The lowest BCUT2D eigenvalue weighted by Gasteiger charge is -2.08. The van der Waals surface area contributed by atoms with E-state index in [1.54, 1.807) is 13.8 Å². The van der Waals surface area contributed by atoms with Crippen molar-refractivity contribution in [1.29, 1.82) is 0 Å². The summed E-state index contributed by atoms with van der Waals surface area (Å²) in [4.78, 5) is 16.2. The number of hydrogen-bond donors (Lipinski definition) is 1. The van der Waals surface area contributed by atoms with Gasteiger partial charge in [-0.25, -0.2) is 4.79 Å². The Labute approximate surface area is 157 Å². The first-order chi connectivity index (χ1) is 13.1. The van der Waals surface area contributed by atoms with Crippen LogP contribution in [0.3, 0.4) is 0 Å². The van der Waals surface area contributed by atoms with Crippen LogP contribution in [0.25, 0.3) is 33.3 Å². The number of aromatic amines is 1. The Kier molecular flexibility index (Phi) is 4.32. The molecule has 0 spiro atoms. The number of hydrogen-bond acceptors (Lipinski definition) is 3. The molecule has 0 fully saturated rings. The van der Waals surface area contributed by atoms with E-state index in [1.165, 1.54) is 0 Å². The zero-order chi connectivity index (χ0) is 19.0. The monoisotopic (exact) mass is 359 g/mol. The number of rotatable bonds is 4. The second-order valence-electron chi connectivity index (χ2n) is 6.47. The summed E-state index contributed by atoms with van der Waals surface area (Å²) in [6, 6.07) is 18.2. The van der Waals surface area contributed by atoms with Crippen molar-refractivity contribution in [2.45, 2.75) is 20.8 Å². The minimum Gasteiger partial charge on any atom is -0.465 e. The van der Waals surface area contributed by atoms with Crippen LogP contribution >= 0.6 is 0 Å². The van der Waals surface area contributed by atoms with Crippen LogP contribution < -0.4 is 0 Å². The summed E-state index contributed by atoms with van der Waals surface area (Å²) in [7, 11) is 0. The maximum atomic E-state index is 12.7. The number of carbonyl (C=O) groups is 1. The lowest BCUT2D eigenvalue weighted by atomic mass is 9.95. The molecule has 2 heterocycles. The summed E-state index contributed by atoms with van der Waals surface area (Å²) in [5, 5.41) is 1.05. The van der Waals surface area contributed by atoms with Crippen LogP contribution in [-0.2, 0) is 4.74 Å². The topological polar surface area (TPSA) is 55.2 Å². The fraction of sp³-hybridized carbons (Fsp3) is 0.174. The second-order valence-corrected chi connectivity index (χ2v) is 6.47. The van der Waals surface area contributed by atoms with Crippen LogP contribution in [0.2, 0.25) is 0 Å². The third-order valence-corrected chi connectivity index (χ3v) is 4.76. The zero-order valence-electron chi connectivity index (χ0n) is 15.6. The molecule has 4 rings (SSSR count). The van der Waals surface area contributed by atoms with Gasteiger partial charge in [0.25, 0.3) is 0 Å². The number of aromatic nitrogens is 1. The van der Waals surface area contributed by atoms with E-state index in [2.05, 4.69) is 23.2 Å². The molecule has 27 heavy (non-hydrogen) atoms. The standard InChI is InChI=1S/C23H21NO3/c1-4-26-23(25)20-15(3)27-14(2)19(20)21-17-12-8-9-13-18(17)24-22(21)16-10-6-5-7-11-16/h5-13,24H,4H2,1-3H3. The molecule has 0 radical (unpaired) electrons. The van der Waals surface area contributed by atoms with Crippen LogP contribution in [0, 0.1) is 13.8 Å². The highest BCUT2D eigenvalue weighted by molar-refractivity contribution is 6.10. The van der Waals surface area contributed by atoms with E-state index in [1.807, 2.05) is 43.3 Å². The van der Waals surface area contributed by atoms with Gasteiger partial charge in [0.15, 0.2) is 0 Å². The molecule has 4 heteroatoms. The molecule has 1 N–H and O–H groups in total. The second kappa shape index (κ2) is 6.80. The van der Waals surface area contributed by atoms with Crippen molar-refractivity contribution < 1.29 is 13.9 Å². The van der Waals surface area contributed by atoms with Gasteiger partial charge in [0.1, 0.15) is 17.1 Å². The minimum absolute atomic E-state index is 0.321. The highest BCUT2D eigenvalue weighted by Gasteiger charge is 2.28. The first-order valence-electron chi connectivity index (χ1n) is 9.05. The number of aryl methyl sites for hydroxylation is 2. The molecule has 0 saturated carbocycles. The lowest BCUT2D eigenvalue weighted by Crippen LogP contribution is -2.06. The van der Waals surface area contributed by atoms with Gasteiger partial charge < -0.3 is 14.1 Å². The maximum absolute atomic E-state index is 12.7. The molecule has 0 amide bonds. The van der Waals surface area contributed by atoms with Crippen molar-refractivity contribution in [2.24, 2.45) is 0 Å². The number of H-pyrrole nitrogens is 1. The number of ether oxygens (including phenoxy) is 1. The van der Waals surface area contributed by atoms with Crippen molar-refractivity contribution in [1.82, 2.24) is 4.98 Å². The van der Waals surface area contributed by atoms with Crippen LogP contribution in [0.4, 0.5) is 0 Å². The van der Waals surface area contributed by atoms with Crippen LogP contribution in [-0.4, -0.2) is 17.6 Å². The van der Waals surface area contributed by atoms with E-state index in [-0.39, 0.29) is 5.97 Å². The van der Waals surface area contributed by atoms with Gasteiger partial charge in [0.2, 0.25) is 0 Å². The molecule has 4 aromatic rings. The first-order valence-corrected chi connectivity index (χ1v) is 9.05. The molecule has 0 aliphatic heterocycles. The maximum Gasteiger partial charge on any atom is 0.342 e. The normalized spacial score (nSPS) is 11.1. The van der Waals surface area contributed by atoms with Gasteiger partial charge in [0.05, 0.1) is 12.3 Å². The molecule has 0 unspecified atom stereocenters.